The Hall–Kier alpha value is -2.28. The first-order valence-electron chi connectivity index (χ1n) is 8.36. The normalized spacial score (nSPS) is 17.1. The Labute approximate surface area is 151 Å². The van der Waals surface area contributed by atoms with E-state index in [9.17, 15) is 9.59 Å². The van der Waals surface area contributed by atoms with E-state index in [1.54, 1.807) is 16.8 Å². The van der Waals surface area contributed by atoms with Crippen LogP contribution in [0.4, 0.5) is 0 Å². The summed E-state index contributed by atoms with van der Waals surface area (Å²) in [7, 11) is 1.75. The fourth-order valence-electron chi connectivity index (χ4n) is 3.07. The van der Waals surface area contributed by atoms with Gasteiger partial charge in [0.1, 0.15) is 0 Å². The third-order valence-corrected chi connectivity index (χ3v) is 5.35. The van der Waals surface area contributed by atoms with Crippen LogP contribution in [0.1, 0.15) is 22.6 Å². The lowest BCUT2D eigenvalue weighted by Gasteiger charge is -2.21. The van der Waals surface area contributed by atoms with Crippen molar-refractivity contribution in [2.45, 2.75) is 26.3 Å². The third-order valence-electron chi connectivity index (χ3n) is 4.54. The van der Waals surface area contributed by atoms with Gasteiger partial charge in [-0.2, -0.15) is 0 Å². The molecule has 1 aromatic heterocycles. The zero-order valence-corrected chi connectivity index (χ0v) is 15.3. The first-order chi connectivity index (χ1) is 12.0. The van der Waals surface area contributed by atoms with Crippen LogP contribution in [-0.4, -0.2) is 51.3 Å². The van der Waals surface area contributed by atoms with Crippen molar-refractivity contribution >= 4 is 23.3 Å². The van der Waals surface area contributed by atoms with Crippen LogP contribution in [0.25, 0.3) is 0 Å². The van der Waals surface area contributed by atoms with Gasteiger partial charge < -0.3 is 9.80 Å². The summed E-state index contributed by atoms with van der Waals surface area (Å²) in [4.78, 5) is 29.0. The summed E-state index contributed by atoms with van der Waals surface area (Å²) in [5, 5.41) is 3.96. The lowest BCUT2D eigenvalue weighted by atomic mass is 9.99. The van der Waals surface area contributed by atoms with Crippen LogP contribution in [0.3, 0.4) is 0 Å². The predicted molar refractivity (Wildman–Crippen MR) is 96.0 cm³/mol. The van der Waals surface area contributed by atoms with Gasteiger partial charge in [-0.3, -0.25) is 9.59 Å². The standard InChI is InChI=1S/C18H22N4O2S/c1-13-16(25-20-19-13)11-21(2)18(24)12-22-10-15(9-17(22)23)8-14-6-4-3-5-7-14/h3-7,15H,8-12H2,1-2H3/t15-/m1/s1. The fraction of sp³-hybridized carbons (Fsp3) is 0.444. The van der Waals surface area contributed by atoms with Crippen LogP contribution in [0, 0.1) is 12.8 Å². The number of aryl methyl sites for hydroxylation is 1. The number of amides is 2. The molecule has 0 bridgehead atoms. The van der Waals surface area contributed by atoms with Crippen molar-refractivity contribution in [3.05, 3.63) is 46.5 Å². The van der Waals surface area contributed by atoms with Crippen LogP contribution in [-0.2, 0) is 22.6 Å². The molecule has 2 heterocycles. The summed E-state index contributed by atoms with van der Waals surface area (Å²) < 4.78 is 3.89. The lowest BCUT2D eigenvalue weighted by molar-refractivity contribution is -0.137. The summed E-state index contributed by atoms with van der Waals surface area (Å²) in [5.74, 6) is 0.292. The summed E-state index contributed by atoms with van der Waals surface area (Å²) in [6.45, 7) is 3.16. The van der Waals surface area contributed by atoms with Crippen LogP contribution in [0.2, 0.25) is 0 Å². The number of benzene rings is 1. The number of carbonyl (C=O) groups is 2. The first-order valence-corrected chi connectivity index (χ1v) is 9.13. The van der Waals surface area contributed by atoms with Gasteiger partial charge in [0.15, 0.2) is 0 Å². The number of likely N-dealkylation sites (tertiary alicyclic amines) is 1. The molecule has 1 aromatic carbocycles. The van der Waals surface area contributed by atoms with Crippen molar-refractivity contribution in [3.63, 3.8) is 0 Å². The Balaban J connectivity index is 1.53. The van der Waals surface area contributed by atoms with Gasteiger partial charge in [0, 0.05) is 20.0 Å². The predicted octanol–water partition coefficient (Wildman–Crippen LogP) is 1.90. The van der Waals surface area contributed by atoms with E-state index in [2.05, 4.69) is 21.7 Å². The highest BCUT2D eigenvalue weighted by Gasteiger charge is 2.31. The molecule has 0 radical (unpaired) electrons. The van der Waals surface area contributed by atoms with E-state index in [0.29, 0.717) is 19.5 Å². The van der Waals surface area contributed by atoms with Gasteiger partial charge in [0.25, 0.3) is 0 Å². The first kappa shape index (κ1) is 17.5. The maximum atomic E-state index is 12.4. The second-order valence-corrected chi connectivity index (χ2v) is 7.40. The zero-order chi connectivity index (χ0) is 17.8. The van der Waals surface area contributed by atoms with Gasteiger partial charge in [-0.15, -0.1) is 5.10 Å². The minimum absolute atomic E-state index is 0.0542. The molecule has 0 unspecified atom stereocenters. The topological polar surface area (TPSA) is 66.4 Å². The molecule has 0 saturated carbocycles. The van der Waals surface area contributed by atoms with Crippen LogP contribution in [0.15, 0.2) is 30.3 Å². The third kappa shape index (κ3) is 4.42. The minimum atomic E-state index is -0.0542. The molecule has 0 spiro atoms. The quantitative estimate of drug-likeness (QED) is 0.791. The molecular formula is C18H22N4O2S. The highest BCUT2D eigenvalue weighted by atomic mass is 32.1. The van der Waals surface area contributed by atoms with Gasteiger partial charge in [-0.1, -0.05) is 34.8 Å². The Morgan fingerprint density at radius 2 is 2.12 bits per heavy atom. The van der Waals surface area contributed by atoms with E-state index in [4.69, 9.17) is 0 Å². The van der Waals surface area contributed by atoms with Crippen LogP contribution in [0.5, 0.6) is 0 Å². The summed E-state index contributed by atoms with van der Waals surface area (Å²) in [6, 6.07) is 10.2. The van der Waals surface area contributed by atoms with Crippen LogP contribution < -0.4 is 0 Å². The molecule has 2 amide bonds. The van der Waals surface area contributed by atoms with Crippen molar-refractivity contribution in [1.29, 1.82) is 0 Å². The molecule has 3 rings (SSSR count). The van der Waals surface area contributed by atoms with Crippen molar-refractivity contribution < 1.29 is 9.59 Å². The zero-order valence-electron chi connectivity index (χ0n) is 14.5. The second-order valence-electron chi connectivity index (χ2n) is 6.57. The molecule has 1 fully saturated rings. The maximum absolute atomic E-state index is 12.4. The molecule has 1 aliphatic heterocycles. The van der Waals surface area contributed by atoms with Crippen LogP contribution >= 0.6 is 11.5 Å². The number of aromatic nitrogens is 2. The molecule has 6 nitrogen and oxygen atoms in total. The van der Waals surface area contributed by atoms with E-state index in [0.717, 1.165) is 17.0 Å². The van der Waals surface area contributed by atoms with Gasteiger partial charge in [0.2, 0.25) is 11.8 Å². The van der Waals surface area contributed by atoms with E-state index in [1.807, 2.05) is 25.1 Å². The van der Waals surface area contributed by atoms with Gasteiger partial charge in [0.05, 0.1) is 23.7 Å². The molecule has 132 valence electrons. The highest BCUT2D eigenvalue weighted by molar-refractivity contribution is 7.05. The molecular weight excluding hydrogens is 336 g/mol. The molecule has 0 aliphatic carbocycles. The summed E-state index contributed by atoms with van der Waals surface area (Å²) in [5.41, 5.74) is 2.09. The van der Waals surface area contributed by atoms with Crippen molar-refractivity contribution in [3.8, 4) is 0 Å². The molecule has 2 aromatic rings. The van der Waals surface area contributed by atoms with Crippen molar-refractivity contribution in [2.75, 3.05) is 20.1 Å². The molecule has 7 heteroatoms. The number of rotatable bonds is 6. The lowest BCUT2D eigenvalue weighted by Crippen LogP contribution is -2.38. The highest BCUT2D eigenvalue weighted by Crippen LogP contribution is 2.22. The molecule has 0 N–H and O–H groups in total. The molecule has 1 saturated heterocycles. The number of carbonyl (C=O) groups excluding carboxylic acids is 2. The Kier molecular flexibility index (Phi) is 5.43. The number of likely N-dealkylation sites (N-methyl/N-ethyl adjacent to an activating group) is 1. The second kappa shape index (κ2) is 7.74. The minimum Gasteiger partial charge on any atom is -0.339 e. The van der Waals surface area contributed by atoms with E-state index in [-0.39, 0.29) is 24.3 Å². The molecule has 25 heavy (non-hydrogen) atoms. The Bertz CT molecular complexity index is 747. The van der Waals surface area contributed by atoms with E-state index < -0.39 is 0 Å². The monoisotopic (exact) mass is 358 g/mol. The van der Waals surface area contributed by atoms with Crippen molar-refractivity contribution in [1.82, 2.24) is 19.4 Å². The average molecular weight is 358 g/mol. The molecule has 1 aliphatic rings. The van der Waals surface area contributed by atoms with Gasteiger partial charge >= 0.3 is 0 Å². The van der Waals surface area contributed by atoms with Gasteiger partial charge in [-0.05, 0) is 36.4 Å². The van der Waals surface area contributed by atoms with Crippen molar-refractivity contribution in [2.24, 2.45) is 5.92 Å². The summed E-state index contributed by atoms with van der Waals surface area (Å²) >= 11 is 1.30. The number of nitrogens with zero attached hydrogens (tertiary/aromatic N) is 4. The average Bonchev–Trinajstić information content (AvgIpc) is 3.14. The molecule has 1 atom stereocenters. The smallest absolute Gasteiger partial charge is 0.242 e. The fourth-order valence-corrected chi connectivity index (χ4v) is 3.76. The number of hydrogen-bond donors (Lipinski definition) is 0. The Morgan fingerprint density at radius 1 is 1.36 bits per heavy atom. The SMILES string of the molecule is Cc1nnsc1CN(C)C(=O)CN1C[C@H](Cc2ccccc2)CC1=O. The summed E-state index contributed by atoms with van der Waals surface area (Å²) in [6.07, 6.45) is 1.39. The maximum Gasteiger partial charge on any atom is 0.242 e. The Morgan fingerprint density at radius 3 is 2.80 bits per heavy atom. The van der Waals surface area contributed by atoms with Gasteiger partial charge in [-0.25, -0.2) is 0 Å². The largest absolute Gasteiger partial charge is 0.339 e. The van der Waals surface area contributed by atoms with E-state index >= 15 is 0 Å². The van der Waals surface area contributed by atoms with E-state index in [1.165, 1.54) is 17.1 Å². The number of hydrogen-bond acceptors (Lipinski definition) is 5.